The number of hydrogen-bond donors (Lipinski definition) is 1. The summed E-state index contributed by atoms with van der Waals surface area (Å²) in [7, 11) is 0. The van der Waals surface area contributed by atoms with Gasteiger partial charge in [0.15, 0.2) is 0 Å². The highest BCUT2D eigenvalue weighted by atomic mass is 16.2. The molecule has 8 heteroatoms. The molecule has 1 saturated heterocycles. The molecule has 1 aromatic heterocycles. The van der Waals surface area contributed by atoms with Gasteiger partial charge in [-0.25, -0.2) is 4.68 Å². The lowest BCUT2D eigenvalue weighted by Crippen LogP contribution is -2.52. The number of anilines is 1. The number of nitrogens with zero attached hydrogens (tertiary/aromatic N) is 5. The molecule has 0 aliphatic carbocycles. The van der Waals surface area contributed by atoms with Gasteiger partial charge >= 0.3 is 0 Å². The summed E-state index contributed by atoms with van der Waals surface area (Å²) in [5, 5.41) is 7.52. The molecule has 4 rings (SSSR count). The molecule has 0 unspecified atom stereocenters. The quantitative estimate of drug-likeness (QED) is 0.590. The maximum absolute atomic E-state index is 12.9. The molecule has 1 atom stereocenters. The lowest BCUT2D eigenvalue weighted by atomic mass is 10.1. The lowest BCUT2D eigenvalue weighted by Gasteiger charge is -2.35. The molecule has 8 nitrogen and oxygen atoms in total. The second-order valence-corrected chi connectivity index (χ2v) is 9.05. The zero-order valence-corrected chi connectivity index (χ0v) is 19.9. The van der Waals surface area contributed by atoms with Crippen molar-refractivity contribution in [2.45, 2.75) is 52.2 Å². The number of carbonyl (C=O) groups is 2. The minimum Gasteiger partial charge on any atom is -0.354 e. The molecule has 178 valence electrons. The third-order valence-electron chi connectivity index (χ3n) is 6.60. The Morgan fingerprint density at radius 3 is 2.55 bits per heavy atom. The van der Waals surface area contributed by atoms with E-state index in [1.165, 1.54) is 5.56 Å². The number of benzene rings is 1. The van der Waals surface area contributed by atoms with Gasteiger partial charge in [0.1, 0.15) is 11.9 Å². The van der Waals surface area contributed by atoms with Crippen LogP contribution in [-0.4, -0.2) is 76.7 Å². The van der Waals surface area contributed by atoms with Gasteiger partial charge in [-0.15, -0.1) is 0 Å². The van der Waals surface area contributed by atoms with Crippen LogP contribution in [0.1, 0.15) is 37.4 Å². The Morgan fingerprint density at radius 2 is 1.82 bits per heavy atom. The topological polar surface area (TPSA) is 73.7 Å². The molecular weight excluding hydrogens is 416 g/mol. The standard InChI is InChI=1S/C25H36N6O2/c1-3-22(31-23-18-20(2)27-30(23)13-10-24(31)32)25(33)26-11-7-12-28-14-16-29(17-15-28)19-21-8-5-4-6-9-21/h4-6,8-9,18,22H,3,7,10-17,19H2,1-2H3,(H,26,33)/t22-/m1/s1. The SMILES string of the molecule is CC[C@H](C(=O)NCCCN1CCN(Cc2ccccc2)CC1)N1C(=O)CCn2nc(C)cc21. The van der Waals surface area contributed by atoms with Gasteiger partial charge in [-0.2, -0.15) is 5.10 Å². The van der Waals surface area contributed by atoms with Crippen LogP contribution < -0.4 is 10.2 Å². The van der Waals surface area contributed by atoms with E-state index in [2.05, 4.69) is 50.5 Å². The second kappa shape index (κ2) is 10.9. The fourth-order valence-electron chi connectivity index (χ4n) is 4.80. The first-order valence-electron chi connectivity index (χ1n) is 12.2. The van der Waals surface area contributed by atoms with Gasteiger partial charge in [-0.1, -0.05) is 37.3 Å². The van der Waals surface area contributed by atoms with Gasteiger partial charge in [-0.3, -0.25) is 19.4 Å². The minimum atomic E-state index is -0.491. The summed E-state index contributed by atoms with van der Waals surface area (Å²) in [6, 6.07) is 12.0. The largest absolute Gasteiger partial charge is 0.354 e. The Balaban J connectivity index is 1.20. The summed E-state index contributed by atoms with van der Waals surface area (Å²) < 4.78 is 1.84. The number of hydrogen-bond acceptors (Lipinski definition) is 5. The highest BCUT2D eigenvalue weighted by Gasteiger charge is 2.34. The second-order valence-electron chi connectivity index (χ2n) is 9.05. The summed E-state index contributed by atoms with van der Waals surface area (Å²) >= 11 is 0. The van der Waals surface area contributed by atoms with Crippen molar-refractivity contribution >= 4 is 17.6 Å². The van der Waals surface area contributed by atoms with E-state index in [0.29, 0.717) is 25.9 Å². The van der Waals surface area contributed by atoms with E-state index >= 15 is 0 Å². The smallest absolute Gasteiger partial charge is 0.243 e. The van der Waals surface area contributed by atoms with Crippen molar-refractivity contribution in [3.05, 3.63) is 47.7 Å². The first-order valence-corrected chi connectivity index (χ1v) is 12.2. The highest BCUT2D eigenvalue weighted by molar-refractivity contribution is 6.00. The van der Waals surface area contributed by atoms with Crippen molar-refractivity contribution in [3.8, 4) is 0 Å². The number of aromatic nitrogens is 2. The van der Waals surface area contributed by atoms with E-state index in [4.69, 9.17) is 0 Å². The molecule has 2 aliphatic rings. The van der Waals surface area contributed by atoms with Crippen LogP contribution in [0.4, 0.5) is 5.82 Å². The maximum Gasteiger partial charge on any atom is 0.243 e. The average molecular weight is 453 g/mol. The van der Waals surface area contributed by atoms with Crippen LogP contribution >= 0.6 is 0 Å². The Labute approximate surface area is 196 Å². The fraction of sp³-hybridized carbons (Fsp3) is 0.560. The van der Waals surface area contributed by atoms with Crippen LogP contribution in [0.3, 0.4) is 0 Å². The summed E-state index contributed by atoms with van der Waals surface area (Å²) in [6.07, 6.45) is 1.87. The molecular formula is C25H36N6O2. The molecule has 33 heavy (non-hydrogen) atoms. The Bertz CT molecular complexity index is 936. The predicted octanol–water partition coefficient (Wildman–Crippen LogP) is 2.03. The van der Waals surface area contributed by atoms with Crippen LogP contribution in [0.5, 0.6) is 0 Å². The Hall–Kier alpha value is -2.71. The molecule has 3 heterocycles. The lowest BCUT2D eigenvalue weighted by molar-refractivity contribution is -0.127. The van der Waals surface area contributed by atoms with E-state index in [1.54, 1.807) is 4.90 Å². The van der Waals surface area contributed by atoms with Crippen LogP contribution in [-0.2, 0) is 22.7 Å². The summed E-state index contributed by atoms with van der Waals surface area (Å²) in [4.78, 5) is 32.2. The van der Waals surface area contributed by atoms with Gasteiger partial charge in [0.25, 0.3) is 0 Å². The van der Waals surface area contributed by atoms with E-state index in [0.717, 1.165) is 57.2 Å². The third kappa shape index (κ3) is 5.81. The van der Waals surface area contributed by atoms with E-state index in [-0.39, 0.29) is 11.8 Å². The van der Waals surface area contributed by atoms with Crippen LogP contribution in [0.25, 0.3) is 0 Å². The van der Waals surface area contributed by atoms with Crippen molar-refractivity contribution < 1.29 is 9.59 Å². The molecule has 0 saturated carbocycles. The van der Waals surface area contributed by atoms with E-state index in [1.807, 2.05) is 24.6 Å². The maximum atomic E-state index is 12.9. The van der Waals surface area contributed by atoms with Crippen molar-refractivity contribution in [2.24, 2.45) is 0 Å². The number of carbonyl (C=O) groups excluding carboxylic acids is 2. The fourth-order valence-corrected chi connectivity index (χ4v) is 4.80. The molecule has 1 fully saturated rings. The number of rotatable bonds is 9. The third-order valence-corrected chi connectivity index (χ3v) is 6.60. The molecule has 1 N–H and O–H groups in total. The van der Waals surface area contributed by atoms with Crippen LogP contribution in [0, 0.1) is 6.92 Å². The normalized spacial score (nSPS) is 18.2. The number of piperazine rings is 1. The van der Waals surface area contributed by atoms with Gasteiger partial charge in [-0.05, 0) is 31.9 Å². The summed E-state index contributed by atoms with van der Waals surface area (Å²) in [6.45, 7) is 11.3. The molecule has 0 spiro atoms. The molecule has 0 radical (unpaired) electrons. The highest BCUT2D eigenvalue weighted by Crippen LogP contribution is 2.26. The van der Waals surface area contributed by atoms with Gasteiger partial charge in [0.2, 0.25) is 11.8 Å². The molecule has 2 aromatic rings. The van der Waals surface area contributed by atoms with Crippen molar-refractivity contribution in [1.29, 1.82) is 0 Å². The van der Waals surface area contributed by atoms with Crippen molar-refractivity contribution in [1.82, 2.24) is 24.9 Å². The Kier molecular flexibility index (Phi) is 7.77. The predicted molar refractivity (Wildman–Crippen MR) is 129 cm³/mol. The number of aryl methyl sites for hydroxylation is 2. The number of fused-ring (bicyclic) bond motifs is 1. The molecule has 0 bridgehead atoms. The first kappa shape index (κ1) is 23.4. The Morgan fingerprint density at radius 1 is 1.09 bits per heavy atom. The monoisotopic (exact) mass is 452 g/mol. The molecule has 1 aromatic carbocycles. The van der Waals surface area contributed by atoms with Gasteiger partial charge < -0.3 is 10.2 Å². The first-order chi connectivity index (χ1) is 16.0. The van der Waals surface area contributed by atoms with Crippen LogP contribution in [0.2, 0.25) is 0 Å². The van der Waals surface area contributed by atoms with Gasteiger partial charge in [0, 0.05) is 51.8 Å². The average Bonchev–Trinajstić information content (AvgIpc) is 3.21. The van der Waals surface area contributed by atoms with Crippen LogP contribution in [0.15, 0.2) is 36.4 Å². The molecule has 2 aliphatic heterocycles. The number of nitrogens with one attached hydrogen (secondary N) is 1. The molecule has 2 amide bonds. The van der Waals surface area contributed by atoms with Crippen molar-refractivity contribution in [2.75, 3.05) is 44.2 Å². The van der Waals surface area contributed by atoms with E-state index in [9.17, 15) is 9.59 Å². The zero-order chi connectivity index (χ0) is 23.2. The zero-order valence-electron chi connectivity index (χ0n) is 19.9. The summed E-state index contributed by atoms with van der Waals surface area (Å²) in [5.41, 5.74) is 2.23. The van der Waals surface area contributed by atoms with E-state index < -0.39 is 6.04 Å². The van der Waals surface area contributed by atoms with Gasteiger partial charge in [0.05, 0.1) is 12.2 Å². The van der Waals surface area contributed by atoms with Crippen molar-refractivity contribution in [3.63, 3.8) is 0 Å². The number of amides is 2. The summed E-state index contributed by atoms with van der Waals surface area (Å²) in [5.74, 6) is 0.655. The minimum absolute atomic E-state index is 0.00206.